The van der Waals surface area contributed by atoms with Crippen molar-refractivity contribution in [2.75, 3.05) is 18.4 Å². The van der Waals surface area contributed by atoms with E-state index in [1.165, 1.54) is 5.56 Å². The van der Waals surface area contributed by atoms with E-state index in [4.69, 9.17) is 0 Å². The summed E-state index contributed by atoms with van der Waals surface area (Å²) < 4.78 is 1.82. The molecule has 0 spiro atoms. The summed E-state index contributed by atoms with van der Waals surface area (Å²) >= 11 is 0. The molecular weight excluding hydrogens is 364 g/mol. The molecule has 1 saturated heterocycles. The number of piperidine rings is 1. The van der Waals surface area contributed by atoms with E-state index in [2.05, 4.69) is 31.6 Å². The number of anilines is 1. The summed E-state index contributed by atoms with van der Waals surface area (Å²) in [6.45, 7) is 4.69. The minimum absolute atomic E-state index is 0.00646. The van der Waals surface area contributed by atoms with Gasteiger partial charge in [-0.3, -0.25) is 9.69 Å². The number of benzene rings is 1. The standard InChI is InChI=1S/C22H26N6O/c1-2-22(29)24-21-14-18(8-11-23-21)17-9-12-27(13-10-17)15-19-16-28(26-25-19)20-6-4-3-5-7-20/h3-8,11,14,16-17H,2,9-10,12-13,15H2,1H3,(H,23,24,29). The summed E-state index contributed by atoms with van der Waals surface area (Å²) in [7, 11) is 0. The zero-order valence-corrected chi connectivity index (χ0v) is 16.7. The molecule has 1 aliphatic rings. The van der Waals surface area contributed by atoms with E-state index in [9.17, 15) is 4.79 Å². The summed E-state index contributed by atoms with van der Waals surface area (Å²) in [4.78, 5) is 18.3. The first-order chi connectivity index (χ1) is 14.2. The van der Waals surface area contributed by atoms with Crippen molar-refractivity contribution < 1.29 is 4.79 Å². The van der Waals surface area contributed by atoms with Crippen molar-refractivity contribution in [2.24, 2.45) is 0 Å². The van der Waals surface area contributed by atoms with Crippen LogP contribution in [0.15, 0.2) is 54.9 Å². The van der Waals surface area contributed by atoms with Crippen LogP contribution in [-0.4, -0.2) is 43.9 Å². The van der Waals surface area contributed by atoms with E-state index in [1.807, 2.05) is 54.2 Å². The number of para-hydroxylation sites is 1. The molecule has 0 atom stereocenters. The van der Waals surface area contributed by atoms with Crippen LogP contribution in [0.2, 0.25) is 0 Å². The van der Waals surface area contributed by atoms with Gasteiger partial charge in [0.1, 0.15) is 5.82 Å². The second-order valence-corrected chi connectivity index (χ2v) is 7.42. The predicted octanol–water partition coefficient (Wildman–Crippen LogP) is 3.39. The van der Waals surface area contributed by atoms with Gasteiger partial charge in [-0.1, -0.05) is 30.3 Å². The molecule has 150 valence electrons. The fraction of sp³-hybridized carbons (Fsp3) is 0.364. The van der Waals surface area contributed by atoms with Gasteiger partial charge >= 0.3 is 0 Å². The molecule has 7 heteroatoms. The minimum atomic E-state index is -0.00646. The molecule has 1 aromatic carbocycles. The second kappa shape index (κ2) is 8.96. The van der Waals surface area contributed by atoms with Gasteiger partial charge in [0.05, 0.1) is 17.6 Å². The molecule has 7 nitrogen and oxygen atoms in total. The van der Waals surface area contributed by atoms with Gasteiger partial charge in [-0.15, -0.1) is 5.10 Å². The summed E-state index contributed by atoms with van der Waals surface area (Å²) in [5, 5.41) is 11.4. The van der Waals surface area contributed by atoms with Crippen LogP contribution < -0.4 is 5.32 Å². The van der Waals surface area contributed by atoms with Crippen molar-refractivity contribution in [2.45, 2.75) is 38.6 Å². The number of amides is 1. The van der Waals surface area contributed by atoms with Crippen molar-refractivity contribution in [3.63, 3.8) is 0 Å². The zero-order valence-electron chi connectivity index (χ0n) is 16.7. The molecule has 3 aromatic rings. The highest BCUT2D eigenvalue weighted by molar-refractivity contribution is 5.89. The third kappa shape index (κ3) is 4.86. The Bertz CT molecular complexity index is 947. The Balaban J connectivity index is 1.33. The minimum Gasteiger partial charge on any atom is -0.311 e. The number of nitrogens with one attached hydrogen (secondary N) is 1. The Morgan fingerprint density at radius 3 is 2.72 bits per heavy atom. The molecule has 1 N–H and O–H groups in total. The van der Waals surface area contributed by atoms with E-state index < -0.39 is 0 Å². The molecule has 1 fully saturated rings. The zero-order chi connectivity index (χ0) is 20.1. The lowest BCUT2D eigenvalue weighted by atomic mass is 9.90. The molecule has 29 heavy (non-hydrogen) atoms. The Morgan fingerprint density at radius 1 is 1.17 bits per heavy atom. The molecule has 0 saturated carbocycles. The first kappa shape index (κ1) is 19.3. The average Bonchev–Trinajstić information content (AvgIpc) is 3.23. The first-order valence-corrected chi connectivity index (χ1v) is 10.2. The Kier molecular flexibility index (Phi) is 5.95. The molecule has 0 radical (unpaired) electrons. The topological polar surface area (TPSA) is 75.9 Å². The monoisotopic (exact) mass is 390 g/mol. The number of hydrogen-bond acceptors (Lipinski definition) is 5. The van der Waals surface area contributed by atoms with Crippen LogP contribution in [0.5, 0.6) is 0 Å². The predicted molar refractivity (Wildman–Crippen MR) is 112 cm³/mol. The van der Waals surface area contributed by atoms with Crippen LogP contribution in [0.3, 0.4) is 0 Å². The summed E-state index contributed by atoms with van der Waals surface area (Å²) in [5.74, 6) is 1.13. The van der Waals surface area contributed by atoms with Crippen molar-refractivity contribution >= 4 is 11.7 Å². The molecule has 0 bridgehead atoms. The number of carbonyl (C=O) groups is 1. The van der Waals surface area contributed by atoms with E-state index in [-0.39, 0.29) is 5.91 Å². The third-order valence-electron chi connectivity index (χ3n) is 5.38. The maximum Gasteiger partial charge on any atom is 0.225 e. The van der Waals surface area contributed by atoms with Crippen LogP contribution in [0.1, 0.15) is 43.4 Å². The van der Waals surface area contributed by atoms with Crippen LogP contribution in [0, 0.1) is 0 Å². The van der Waals surface area contributed by atoms with Crippen molar-refractivity contribution in [3.05, 3.63) is 66.1 Å². The van der Waals surface area contributed by atoms with Gasteiger partial charge in [-0.25, -0.2) is 9.67 Å². The quantitative estimate of drug-likeness (QED) is 0.698. The normalized spacial score (nSPS) is 15.3. The summed E-state index contributed by atoms with van der Waals surface area (Å²) in [6, 6.07) is 14.1. The number of pyridine rings is 1. The van der Waals surface area contributed by atoms with Crippen LogP contribution in [-0.2, 0) is 11.3 Å². The first-order valence-electron chi connectivity index (χ1n) is 10.2. The molecule has 4 rings (SSSR count). The van der Waals surface area contributed by atoms with Gasteiger partial charge in [-0.2, -0.15) is 0 Å². The smallest absolute Gasteiger partial charge is 0.225 e. The van der Waals surface area contributed by atoms with Gasteiger partial charge in [0.15, 0.2) is 0 Å². The molecule has 1 amide bonds. The highest BCUT2D eigenvalue weighted by atomic mass is 16.1. The van der Waals surface area contributed by atoms with Crippen molar-refractivity contribution in [1.29, 1.82) is 0 Å². The number of likely N-dealkylation sites (tertiary alicyclic amines) is 1. The van der Waals surface area contributed by atoms with E-state index in [0.29, 0.717) is 18.2 Å². The van der Waals surface area contributed by atoms with Gasteiger partial charge in [0, 0.05) is 19.2 Å². The van der Waals surface area contributed by atoms with Crippen LogP contribution in [0.25, 0.3) is 5.69 Å². The largest absolute Gasteiger partial charge is 0.311 e. The summed E-state index contributed by atoms with van der Waals surface area (Å²) in [6.07, 6.45) is 6.41. The molecule has 1 aliphatic heterocycles. The maximum absolute atomic E-state index is 11.6. The number of carbonyl (C=O) groups excluding carboxylic acids is 1. The van der Waals surface area contributed by atoms with Gasteiger partial charge in [0.25, 0.3) is 0 Å². The lowest BCUT2D eigenvalue weighted by Gasteiger charge is -2.31. The SMILES string of the molecule is CCC(=O)Nc1cc(C2CCN(Cc3cn(-c4ccccc4)nn3)CC2)ccn1. The lowest BCUT2D eigenvalue weighted by molar-refractivity contribution is -0.115. The van der Waals surface area contributed by atoms with E-state index in [0.717, 1.165) is 43.9 Å². The van der Waals surface area contributed by atoms with Crippen LogP contribution in [0.4, 0.5) is 5.82 Å². The third-order valence-corrected chi connectivity index (χ3v) is 5.38. The molecule has 0 unspecified atom stereocenters. The van der Waals surface area contributed by atoms with Crippen molar-refractivity contribution in [1.82, 2.24) is 24.9 Å². The average molecular weight is 390 g/mol. The fourth-order valence-corrected chi connectivity index (χ4v) is 3.73. The maximum atomic E-state index is 11.6. The lowest BCUT2D eigenvalue weighted by Crippen LogP contribution is -2.32. The van der Waals surface area contributed by atoms with Crippen LogP contribution >= 0.6 is 0 Å². The molecule has 3 heterocycles. The van der Waals surface area contributed by atoms with Gasteiger partial charge in [-0.05, 0) is 61.7 Å². The summed E-state index contributed by atoms with van der Waals surface area (Å²) in [5.41, 5.74) is 3.26. The fourth-order valence-electron chi connectivity index (χ4n) is 3.73. The van der Waals surface area contributed by atoms with E-state index in [1.54, 1.807) is 6.20 Å². The van der Waals surface area contributed by atoms with Gasteiger partial charge < -0.3 is 5.32 Å². The molecule has 2 aromatic heterocycles. The Morgan fingerprint density at radius 2 is 1.97 bits per heavy atom. The number of nitrogens with zero attached hydrogens (tertiary/aromatic N) is 5. The second-order valence-electron chi connectivity index (χ2n) is 7.42. The number of hydrogen-bond donors (Lipinski definition) is 1. The highest BCUT2D eigenvalue weighted by Gasteiger charge is 2.22. The molecule has 0 aliphatic carbocycles. The number of rotatable bonds is 6. The Labute approximate surface area is 170 Å². The Hall–Kier alpha value is -3.06. The highest BCUT2D eigenvalue weighted by Crippen LogP contribution is 2.29. The van der Waals surface area contributed by atoms with Gasteiger partial charge in [0.2, 0.25) is 5.91 Å². The van der Waals surface area contributed by atoms with Crippen molar-refractivity contribution in [3.8, 4) is 5.69 Å². The number of aromatic nitrogens is 4. The van der Waals surface area contributed by atoms with E-state index >= 15 is 0 Å². The molecular formula is C22H26N6O.